The summed E-state index contributed by atoms with van der Waals surface area (Å²) in [6, 6.07) is 0. The number of hydrazine groups is 1. The Kier molecular flexibility index (Phi) is 10.1. The number of hydrogen-bond donors (Lipinski definition) is 1. The smallest absolute Gasteiger partial charge is 0.0312 e. The second kappa shape index (κ2) is 10.7. The molecule has 92 valence electrons. The van der Waals surface area contributed by atoms with Gasteiger partial charge in [0.1, 0.15) is 0 Å². The molecule has 0 aliphatic carbocycles. The van der Waals surface area contributed by atoms with Crippen LogP contribution in [0.25, 0.3) is 0 Å². The van der Waals surface area contributed by atoms with E-state index in [1.165, 1.54) is 12.8 Å². The molecule has 0 rings (SSSR count). The minimum absolute atomic E-state index is 0.749. The molecule has 0 aromatic rings. The molecule has 2 heteroatoms. The Balaban J connectivity index is 3.76. The highest BCUT2D eigenvalue weighted by atomic mass is 15.5. The average Bonchev–Trinajstić information content (AvgIpc) is 2.28. The summed E-state index contributed by atoms with van der Waals surface area (Å²) in [7, 11) is 0. The fraction of sp³-hybridized carbons (Fsp3) is 0.571. The molecule has 0 aromatic heterocycles. The minimum atomic E-state index is 0.749. The molecule has 0 spiro atoms. The van der Waals surface area contributed by atoms with Crippen molar-refractivity contribution in [2.75, 3.05) is 19.6 Å². The van der Waals surface area contributed by atoms with Crippen molar-refractivity contribution in [3.8, 4) is 0 Å². The third kappa shape index (κ3) is 7.43. The summed E-state index contributed by atoms with van der Waals surface area (Å²) in [6.07, 6.45) is 9.33. The van der Waals surface area contributed by atoms with Gasteiger partial charge in [-0.15, -0.1) is 19.7 Å². The van der Waals surface area contributed by atoms with Gasteiger partial charge in [-0.05, 0) is 18.8 Å². The third-order valence-corrected chi connectivity index (χ3v) is 2.66. The molecule has 0 bridgehead atoms. The largest absolute Gasteiger partial charge is 0.255 e. The number of nitrogens with zero attached hydrogens (tertiary/aromatic N) is 1. The molecule has 2 nitrogen and oxygen atoms in total. The average molecular weight is 222 g/mol. The van der Waals surface area contributed by atoms with Crippen LogP contribution in [0.4, 0.5) is 0 Å². The lowest BCUT2D eigenvalue weighted by molar-refractivity contribution is 0.223. The van der Waals surface area contributed by atoms with Crippen LogP contribution in [0.15, 0.2) is 38.0 Å². The Labute approximate surface area is 101 Å². The van der Waals surface area contributed by atoms with Crippen LogP contribution < -0.4 is 5.43 Å². The van der Waals surface area contributed by atoms with E-state index in [1.54, 1.807) is 0 Å². The first-order chi connectivity index (χ1) is 7.78. The fourth-order valence-corrected chi connectivity index (χ4v) is 1.67. The molecule has 0 radical (unpaired) electrons. The molecular weight excluding hydrogens is 196 g/mol. The van der Waals surface area contributed by atoms with Crippen molar-refractivity contribution in [2.24, 2.45) is 5.92 Å². The Bertz CT molecular complexity index is 189. The third-order valence-electron chi connectivity index (χ3n) is 2.66. The van der Waals surface area contributed by atoms with Crippen LogP contribution in [0.5, 0.6) is 0 Å². The molecule has 0 fully saturated rings. The lowest BCUT2D eigenvalue weighted by Gasteiger charge is -2.21. The molecule has 0 amide bonds. The highest BCUT2D eigenvalue weighted by molar-refractivity contribution is 4.78. The standard InChI is InChI=1S/C14H26N2/c1-5-9-14(8-4)10-11-15-16(12-6-2)13-7-3/h5-7,14-15H,1-3,8-13H2,4H3. The van der Waals surface area contributed by atoms with Crippen molar-refractivity contribution in [2.45, 2.75) is 26.2 Å². The van der Waals surface area contributed by atoms with Gasteiger partial charge in [0.2, 0.25) is 0 Å². The number of allylic oxidation sites excluding steroid dienone is 1. The monoisotopic (exact) mass is 222 g/mol. The zero-order chi connectivity index (χ0) is 12.2. The van der Waals surface area contributed by atoms with Crippen molar-refractivity contribution in [3.63, 3.8) is 0 Å². The molecule has 0 aliphatic rings. The van der Waals surface area contributed by atoms with Crippen molar-refractivity contribution >= 4 is 0 Å². The summed E-state index contributed by atoms with van der Waals surface area (Å²) < 4.78 is 0. The maximum absolute atomic E-state index is 3.79. The van der Waals surface area contributed by atoms with Gasteiger partial charge in [0.25, 0.3) is 0 Å². The van der Waals surface area contributed by atoms with Crippen molar-refractivity contribution < 1.29 is 0 Å². The normalized spacial score (nSPS) is 12.4. The summed E-state index contributed by atoms with van der Waals surface area (Å²) in [6.45, 7) is 16.2. The molecule has 0 aromatic carbocycles. The van der Waals surface area contributed by atoms with Gasteiger partial charge in [-0.25, -0.2) is 5.01 Å². The van der Waals surface area contributed by atoms with E-state index in [0.29, 0.717) is 0 Å². The van der Waals surface area contributed by atoms with E-state index in [2.05, 4.69) is 37.1 Å². The predicted octanol–water partition coefficient (Wildman–Crippen LogP) is 3.16. The Hall–Kier alpha value is -0.860. The first kappa shape index (κ1) is 15.1. The minimum Gasteiger partial charge on any atom is -0.255 e. The SMILES string of the molecule is C=CCC(CC)CCNN(CC=C)CC=C. The second-order valence-corrected chi connectivity index (χ2v) is 3.98. The first-order valence-corrected chi connectivity index (χ1v) is 6.09. The number of hydrogen-bond acceptors (Lipinski definition) is 2. The summed E-state index contributed by atoms with van der Waals surface area (Å²) in [5.74, 6) is 0.749. The van der Waals surface area contributed by atoms with Gasteiger partial charge in [-0.1, -0.05) is 31.6 Å². The van der Waals surface area contributed by atoms with Gasteiger partial charge in [-0.2, -0.15) is 0 Å². The second-order valence-electron chi connectivity index (χ2n) is 3.98. The van der Waals surface area contributed by atoms with Crippen LogP contribution >= 0.6 is 0 Å². The van der Waals surface area contributed by atoms with Crippen LogP contribution in [0.2, 0.25) is 0 Å². The first-order valence-electron chi connectivity index (χ1n) is 6.09. The van der Waals surface area contributed by atoms with Crippen LogP contribution in [0, 0.1) is 5.92 Å². The summed E-state index contributed by atoms with van der Waals surface area (Å²) in [5.41, 5.74) is 3.40. The Morgan fingerprint density at radius 2 is 1.75 bits per heavy atom. The highest BCUT2D eigenvalue weighted by Crippen LogP contribution is 2.12. The molecule has 1 unspecified atom stereocenters. The van der Waals surface area contributed by atoms with Gasteiger partial charge in [0, 0.05) is 19.6 Å². The topological polar surface area (TPSA) is 15.3 Å². The lowest BCUT2D eigenvalue weighted by Crippen LogP contribution is -2.39. The van der Waals surface area contributed by atoms with Crippen LogP contribution in [-0.4, -0.2) is 24.6 Å². The summed E-state index contributed by atoms with van der Waals surface area (Å²) in [5, 5.41) is 2.13. The summed E-state index contributed by atoms with van der Waals surface area (Å²) in [4.78, 5) is 0. The van der Waals surface area contributed by atoms with Gasteiger partial charge in [-0.3, -0.25) is 5.43 Å². The Morgan fingerprint density at radius 1 is 1.12 bits per heavy atom. The van der Waals surface area contributed by atoms with E-state index in [-0.39, 0.29) is 0 Å². The maximum Gasteiger partial charge on any atom is 0.0312 e. The molecule has 0 heterocycles. The van der Waals surface area contributed by atoms with Crippen molar-refractivity contribution in [1.29, 1.82) is 0 Å². The number of nitrogens with one attached hydrogen (secondary N) is 1. The molecule has 16 heavy (non-hydrogen) atoms. The van der Waals surface area contributed by atoms with Gasteiger partial charge < -0.3 is 0 Å². The van der Waals surface area contributed by atoms with E-state index in [0.717, 1.165) is 32.0 Å². The van der Waals surface area contributed by atoms with E-state index in [9.17, 15) is 0 Å². The molecule has 0 saturated heterocycles. The van der Waals surface area contributed by atoms with Crippen molar-refractivity contribution in [3.05, 3.63) is 38.0 Å². The van der Waals surface area contributed by atoms with E-state index in [1.807, 2.05) is 18.2 Å². The molecular formula is C14H26N2. The highest BCUT2D eigenvalue weighted by Gasteiger charge is 2.05. The van der Waals surface area contributed by atoms with Gasteiger partial charge in [0.05, 0.1) is 0 Å². The van der Waals surface area contributed by atoms with Gasteiger partial charge >= 0.3 is 0 Å². The van der Waals surface area contributed by atoms with Crippen LogP contribution in [-0.2, 0) is 0 Å². The zero-order valence-corrected chi connectivity index (χ0v) is 10.6. The zero-order valence-electron chi connectivity index (χ0n) is 10.6. The van der Waals surface area contributed by atoms with Crippen LogP contribution in [0.1, 0.15) is 26.2 Å². The summed E-state index contributed by atoms with van der Waals surface area (Å²) >= 11 is 0. The van der Waals surface area contributed by atoms with Crippen LogP contribution in [0.3, 0.4) is 0 Å². The van der Waals surface area contributed by atoms with Crippen molar-refractivity contribution in [1.82, 2.24) is 10.4 Å². The van der Waals surface area contributed by atoms with E-state index in [4.69, 9.17) is 0 Å². The molecule has 0 aliphatic heterocycles. The molecule has 0 saturated carbocycles. The number of rotatable bonds is 11. The quantitative estimate of drug-likeness (QED) is 0.427. The molecule has 1 atom stereocenters. The van der Waals surface area contributed by atoms with Gasteiger partial charge in [0.15, 0.2) is 0 Å². The van der Waals surface area contributed by atoms with E-state index < -0.39 is 0 Å². The Morgan fingerprint density at radius 3 is 2.19 bits per heavy atom. The lowest BCUT2D eigenvalue weighted by atomic mass is 9.99. The van der Waals surface area contributed by atoms with E-state index >= 15 is 0 Å². The maximum atomic E-state index is 3.79. The molecule has 1 N–H and O–H groups in total. The predicted molar refractivity (Wildman–Crippen MR) is 73.2 cm³/mol. The fourth-order valence-electron chi connectivity index (χ4n) is 1.67.